The van der Waals surface area contributed by atoms with Gasteiger partial charge in [0, 0.05) is 11.7 Å². The number of nitrogens with one attached hydrogen (secondary N) is 1. The van der Waals surface area contributed by atoms with Crippen LogP contribution in [0.4, 0.5) is 0 Å². The molecule has 7 nitrogen and oxygen atoms in total. The third kappa shape index (κ3) is 4.59. The molecular formula is C19H28N4O3. The van der Waals surface area contributed by atoms with E-state index in [1.807, 2.05) is 41.5 Å². The number of nitrogens with zero attached hydrogens (tertiary/aromatic N) is 3. The fraction of sp³-hybridized carbons (Fsp3) is 0.579. The van der Waals surface area contributed by atoms with Crippen LogP contribution in [0.15, 0.2) is 12.3 Å². The van der Waals surface area contributed by atoms with Crippen LogP contribution in [0, 0.1) is 12.3 Å². The van der Waals surface area contributed by atoms with Gasteiger partial charge in [-0.2, -0.15) is 5.10 Å². The van der Waals surface area contributed by atoms with Crippen LogP contribution in [0.3, 0.4) is 0 Å². The van der Waals surface area contributed by atoms with Gasteiger partial charge in [0.15, 0.2) is 5.65 Å². The van der Waals surface area contributed by atoms with Gasteiger partial charge in [-0.15, -0.1) is 0 Å². The average molecular weight is 360 g/mol. The van der Waals surface area contributed by atoms with Crippen molar-refractivity contribution in [1.82, 2.24) is 20.1 Å². The molecule has 0 fully saturated rings. The number of rotatable bonds is 6. The Labute approximate surface area is 153 Å². The van der Waals surface area contributed by atoms with Gasteiger partial charge >= 0.3 is 5.97 Å². The van der Waals surface area contributed by atoms with Gasteiger partial charge in [0.2, 0.25) is 0 Å². The molecule has 0 saturated carbocycles. The topological polar surface area (TPSA) is 97.1 Å². The van der Waals surface area contributed by atoms with Gasteiger partial charge < -0.3 is 10.4 Å². The summed E-state index contributed by atoms with van der Waals surface area (Å²) in [4.78, 5) is 28.8. The number of carboxylic acid groups (broad SMARTS) is 1. The van der Waals surface area contributed by atoms with Gasteiger partial charge in [-0.25, -0.2) is 14.5 Å². The smallest absolute Gasteiger partial charge is 0.326 e. The molecule has 1 amide bonds. The molecule has 2 N–H and O–H groups in total. The lowest BCUT2D eigenvalue weighted by atomic mass is 9.88. The number of aryl methyl sites for hydroxylation is 1. The number of carbonyl (C=O) groups is 2. The zero-order valence-corrected chi connectivity index (χ0v) is 16.3. The molecule has 26 heavy (non-hydrogen) atoms. The molecule has 0 aliphatic heterocycles. The molecular weight excluding hydrogens is 332 g/mol. The SMILES string of the molecule is Cc1cc(C(=O)NC(CCC(C)(C)C)C(=O)O)c2cnn(C(C)C)c2n1. The minimum Gasteiger partial charge on any atom is -0.480 e. The number of pyridine rings is 1. The maximum atomic E-state index is 12.8. The van der Waals surface area contributed by atoms with Gasteiger partial charge in [0.25, 0.3) is 5.91 Å². The predicted octanol–water partition coefficient (Wildman–Crippen LogP) is 3.33. The molecule has 1 atom stereocenters. The number of aromatic nitrogens is 3. The molecule has 0 aliphatic rings. The lowest BCUT2D eigenvalue weighted by Crippen LogP contribution is -2.41. The largest absolute Gasteiger partial charge is 0.480 e. The summed E-state index contributed by atoms with van der Waals surface area (Å²) in [6.07, 6.45) is 2.69. The molecule has 0 radical (unpaired) electrons. The number of amides is 1. The van der Waals surface area contributed by atoms with Crippen LogP contribution in [0.1, 0.15) is 69.6 Å². The highest BCUT2D eigenvalue weighted by Gasteiger charge is 2.25. The fourth-order valence-corrected chi connectivity index (χ4v) is 2.78. The summed E-state index contributed by atoms with van der Waals surface area (Å²) in [6, 6.07) is 0.855. The standard InChI is InChI=1S/C19H28N4O3/c1-11(2)23-16-14(10-20-23)13(9-12(3)21-16)17(24)22-15(18(25)26)7-8-19(4,5)6/h9-11,15H,7-8H2,1-6H3,(H,22,24)(H,25,26). The summed E-state index contributed by atoms with van der Waals surface area (Å²) < 4.78 is 1.76. The Bertz CT molecular complexity index is 818. The van der Waals surface area contributed by atoms with Crippen LogP contribution in [0.2, 0.25) is 0 Å². The number of aliphatic carboxylic acids is 1. The number of fused-ring (bicyclic) bond motifs is 1. The third-order valence-electron chi connectivity index (χ3n) is 4.21. The first-order chi connectivity index (χ1) is 12.0. The summed E-state index contributed by atoms with van der Waals surface area (Å²) in [5.41, 5.74) is 1.72. The third-order valence-corrected chi connectivity index (χ3v) is 4.21. The molecule has 2 aromatic heterocycles. The van der Waals surface area contributed by atoms with E-state index in [1.54, 1.807) is 16.9 Å². The highest BCUT2D eigenvalue weighted by atomic mass is 16.4. The average Bonchev–Trinajstić information content (AvgIpc) is 2.92. The summed E-state index contributed by atoms with van der Waals surface area (Å²) >= 11 is 0. The molecule has 2 rings (SSSR count). The summed E-state index contributed by atoms with van der Waals surface area (Å²) in [7, 11) is 0. The quantitative estimate of drug-likeness (QED) is 0.823. The van der Waals surface area contributed by atoms with E-state index in [0.717, 1.165) is 0 Å². The number of carboxylic acids is 1. The Morgan fingerprint density at radius 3 is 2.50 bits per heavy atom. The number of carbonyl (C=O) groups excluding carboxylic acids is 1. The van der Waals surface area contributed by atoms with Crippen molar-refractivity contribution in [2.24, 2.45) is 5.41 Å². The normalized spacial score (nSPS) is 13.2. The molecule has 0 bridgehead atoms. The van der Waals surface area contributed by atoms with Gasteiger partial charge in [0.05, 0.1) is 17.1 Å². The van der Waals surface area contributed by atoms with E-state index in [2.05, 4.69) is 15.4 Å². The highest BCUT2D eigenvalue weighted by Crippen LogP contribution is 2.23. The van der Waals surface area contributed by atoms with Crippen molar-refractivity contribution in [1.29, 1.82) is 0 Å². The predicted molar refractivity (Wildman–Crippen MR) is 100 cm³/mol. The van der Waals surface area contributed by atoms with E-state index in [1.165, 1.54) is 0 Å². The van der Waals surface area contributed by atoms with Gasteiger partial charge in [-0.05, 0) is 45.1 Å². The first-order valence-corrected chi connectivity index (χ1v) is 8.88. The minimum absolute atomic E-state index is 0.00263. The van der Waals surface area contributed by atoms with Crippen LogP contribution < -0.4 is 5.32 Å². The van der Waals surface area contributed by atoms with Gasteiger partial charge in [-0.1, -0.05) is 20.8 Å². The highest BCUT2D eigenvalue weighted by molar-refractivity contribution is 6.06. The van der Waals surface area contributed by atoms with E-state index in [0.29, 0.717) is 35.1 Å². The lowest BCUT2D eigenvalue weighted by Gasteiger charge is -2.21. The molecule has 0 aromatic carbocycles. The molecule has 0 saturated heterocycles. The van der Waals surface area contributed by atoms with Gasteiger partial charge in [0.1, 0.15) is 6.04 Å². The minimum atomic E-state index is -1.03. The summed E-state index contributed by atoms with van der Waals surface area (Å²) in [5, 5.41) is 17.1. The van der Waals surface area contributed by atoms with E-state index >= 15 is 0 Å². The molecule has 7 heteroatoms. The van der Waals surface area contributed by atoms with Crippen molar-refractivity contribution < 1.29 is 14.7 Å². The lowest BCUT2D eigenvalue weighted by molar-refractivity contribution is -0.139. The Balaban J connectivity index is 2.32. The summed E-state index contributed by atoms with van der Waals surface area (Å²) in [6.45, 7) is 11.9. The Morgan fingerprint density at radius 1 is 1.31 bits per heavy atom. The van der Waals surface area contributed by atoms with Crippen molar-refractivity contribution in [3.63, 3.8) is 0 Å². The van der Waals surface area contributed by atoms with Crippen molar-refractivity contribution in [3.8, 4) is 0 Å². The number of hydrogen-bond acceptors (Lipinski definition) is 4. The fourth-order valence-electron chi connectivity index (χ4n) is 2.78. The first kappa shape index (κ1) is 19.9. The Hall–Kier alpha value is -2.44. The summed E-state index contributed by atoms with van der Waals surface area (Å²) in [5.74, 6) is -1.44. The van der Waals surface area contributed by atoms with Crippen LogP contribution in [-0.4, -0.2) is 37.8 Å². The zero-order valence-electron chi connectivity index (χ0n) is 16.3. The van der Waals surface area contributed by atoms with Crippen molar-refractivity contribution in [2.45, 2.75) is 66.5 Å². The second-order valence-electron chi connectivity index (χ2n) is 8.19. The molecule has 2 aromatic rings. The van der Waals surface area contributed by atoms with Crippen molar-refractivity contribution in [2.75, 3.05) is 0 Å². The first-order valence-electron chi connectivity index (χ1n) is 8.88. The van der Waals surface area contributed by atoms with Crippen LogP contribution in [-0.2, 0) is 4.79 Å². The van der Waals surface area contributed by atoms with Crippen molar-refractivity contribution >= 4 is 22.9 Å². The Morgan fingerprint density at radius 2 is 1.96 bits per heavy atom. The maximum Gasteiger partial charge on any atom is 0.326 e. The monoisotopic (exact) mass is 360 g/mol. The molecule has 0 spiro atoms. The second kappa shape index (κ2) is 7.43. The van der Waals surface area contributed by atoms with Crippen LogP contribution >= 0.6 is 0 Å². The van der Waals surface area contributed by atoms with E-state index in [9.17, 15) is 14.7 Å². The molecule has 0 aliphatic carbocycles. The van der Waals surface area contributed by atoms with Crippen LogP contribution in [0.5, 0.6) is 0 Å². The maximum absolute atomic E-state index is 12.8. The second-order valence-corrected chi connectivity index (χ2v) is 8.19. The molecule has 2 heterocycles. The molecule has 1 unspecified atom stereocenters. The zero-order chi connectivity index (χ0) is 19.6. The molecule has 142 valence electrons. The van der Waals surface area contributed by atoms with E-state index in [-0.39, 0.29) is 11.5 Å². The van der Waals surface area contributed by atoms with E-state index in [4.69, 9.17) is 0 Å². The van der Waals surface area contributed by atoms with Crippen molar-refractivity contribution in [3.05, 3.63) is 23.5 Å². The van der Waals surface area contributed by atoms with E-state index < -0.39 is 17.9 Å². The van der Waals surface area contributed by atoms with Crippen LogP contribution in [0.25, 0.3) is 11.0 Å². The van der Waals surface area contributed by atoms with Gasteiger partial charge in [-0.3, -0.25) is 4.79 Å². The number of hydrogen-bond donors (Lipinski definition) is 2. The Kier molecular flexibility index (Phi) is 5.68.